The molecule has 204 valence electrons. The molecule has 1 fully saturated rings. The van der Waals surface area contributed by atoms with Gasteiger partial charge in [0.05, 0.1) is 11.6 Å². The van der Waals surface area contributed by atoms with Gasteiger partial charge < -0.3 is 35.9 Å². The second kappa shape index (κ2) is 9.25. The number of hydrogen-bond donors (Lipinski definition) is 5. The van der Waals surface area contributed by atoms with Crippen LogP contribution in [-0.4, -0.2) is 88.4 Å². The van der Waals surface area contributed by atoms with Crippen LogP contribution in [0.5, 0.6) is 5.75 Å². The first-order chi connectivity index (χ1) is 17.6. The standard InChI is InChI=1S/C27H33N3O8/c1-11(31)6-7-12-10-16(29(2)3)14-8-13-9-15-20(30(4)5)23(34)19(26(28)37)25(36)27(15,38)24(35)17(13)22(33)18(14)21(12)32/h10,13,15,20,32-33,36,38H,6-9H2,1-5H3,(H2,28,37)/t13-,15-,20?,27-/m0/s1. The lowest BCUT2D eigenvalue weighted by Gasteiger charge is -2.50. The summed E-state index contributed by atoms with van der Waals surface area (Å²) in [6, 6.07) is 0.611. The van der Waals surface area contributed by atoms with Crippen LogP contribution < -0.4 is 10.6 Å². The predicted octanol–water partition coefficient (Wildman–Crippen LogP) is 0.552. The number of fused-ring (bicyclic) bond motifs is 3. The van der Waals surface area contributed by atoms with Gasteiger partial charge >= 0.3 is 0 Å². The van der Waals surface area contributed by atoms with E-state index in [1.165, 1.54) is 11.8 Å². The highest BCUT2D eigenvalue weighted by atomic mass is 16.3. The molecule has 3 aliphatic rings. The van der Waals surface area contributed by atoms with Crippen LogP contribution in [0.25, 0.3) is 5.76 Å². The van der Waals surface area contributed by atoms with Crippen LogP contribution in [0.4, 0.5) is 5.69 Å². The van der Waals surface area contributed by atoms with Crippen molar-refractivity contribution in [3.8, 4) is 5.75 Å². The number of benzene rings is 1. The van der Waals surface area contributed by atoms with Crippen molar-refractivity contribution in [2.24, 2.45) is 17.6 Å². The molecule has 0 aromatic heterocycles. The van der Waals surface area contributed by atoms with Crippen molar-refractivity contribution in [2.75, 3.05) is 33.1 Å². The molecule has 1 saturated carbocycles. The number of nitrogens with zero attached hydrogens (tertiary/aromatic N) is 2. The highest BCUT2D eigenvalue weighted by Gasteiger charge is 2.64. The molecule has 0 aliphatic heterocycles. The normalized spacial score (nSPS) is 26.8. The first-order valence-electron chi connectivity index (χ1n) is 12.3. The van der Waals surface area contributed by atoms with Gasteiger partial charge in [-0.05, 0) is 63.4 Å². The maximum Gasteiger partial charge on any atom is 0.255 e. The van der Waals surface area contributed by atoms with Crippen molar-refractivity contribution >= 4 is 34.7 Å². The number of carbonyl (C=O) groups excluding carboxylic acids is 4. The molecule has 1 aromatic rings. The van der Waals surface area contributed by atoms with E-state index in [4.69, 9.17) is 5.73 Å². The molecule has 1 amide bonds. The maximum atomic E-state index is 13.9. The number of phenols is 1. The van der Waals surface area contributed by atoms with Gasteiger partial charge in [-0.15, -0.1) is 0 Å². The molecule has 11 heteroatoms. The Bertz CT molecular complexity index is 1340. The van der Waals surface area contributed by atoms with Gasteiger partial charge in [0.2, 0.25) is 5.78 Å². The molecule has 4 atom stereocenters. The summed E-state index contributed by atoms with van der Waals surface area (Å²) in [4.78, 5) is 54.1. The van der Waals surface area contributed by atoms with Gasteiger partial charge in [-0.2, -0.15) is 0 Å². The van der Waals surface area contributed by atoms with Crippen LogP contribution in [0.3, 0.4) is 0 Å². The SMILES string of the molecule is CC(=O)CCc1cc(N(C)C)c2c(c1O)C(O)=C1C(=O)[C@]3(O)C(O)=C(C(N)=O)C(=O)C(N(C)C)[C@@H]3C[C@@H]1C2. The molecule has 0 bridgehead atoms. The monoisotopic (exact) mass is 527 g/mol. The topological polar surface area (TPSA) is 182 Å². The Balaban J connectivity index is 1.97. The number of hydrogen-bond acceptors (Lipinski definition) is 10. The Morgan fingerprint density at radius 3 is 2.29 bits per heavy atom. The average Bonchev–Trinajstić information content (AvgIpc) is 2.80. The first-order valence-corrected chi connectivity index (χ1v) is 12.3. The number of likely N-dealkylation sites (N-methyl/N-ethyl adjacent to an activating group) is 1. The number of nitrogens with two attached hydrogens (primary N) is 1. The molecule has 4 rings (SSSR count). The van der Waals surface area contributed by atoms with Crippen molar-refractivity contribution in [1.82, 2.24) is 4.90 Å². The van der Waals surface area contributed by atoms with E-state index in [1.807, 2.05) is 0 Å². The van der Waals surface area contributed by atoms with Crippen molar-refractivity contribution in [3.05, 3.63) is 39.7 Å². The Morgan fingerprint density at radius 1 is 1.13 bits per heavy atom. The van der Waals surface area contributed by atoms with Crippen molar-refractivity contribution in [1.29, 1.82) is 0 Å². The molecule has 38 heavy (non-hydrogen) atoms. The molecular weight excluding hydrogens is 494 g/mol. The number of aryl methyl sites for hydroxylation is 1. The summed E-state index contributed by atoms with van der Waals surface area (Å²) in [7, 11) is 6.69. The number of phenolic OH excluding ortho intramolecular Hbond substituents is 1. The fourth-order valence-electron chi connectivity index (χ4n) is 6.25. The number of rotatable bonds is 6. The van der Waals surface area contributed by atoms with Crippen LogP contribution in [0.15, 0.2) is 23.0 Å². The van der Waals surface area contributed by atoms with Crippen LogP contribution in [0, 0.1) is 11.8 Å². The van der Waals surface area contributed by atoms with E-state index >= 15 is 0 Å². The maximum absolute atomic E-state index is 13.9. The zero-order valence-electron chi connectivity index (χ0n) is 22.0. The molecule has 6 N–H and O–H groups in total. The zero-order chi connectivity index (χ0) is 28.4. The lowest BCUT2D eigenvalue weighted by molar-refractivity contribution is -0.153. The number of ketones is 3. The number of amides is 1. The lowest BCUT2D eigenvalue weighted by Crippen LogP contribution is -2.65. The number of anilines is 1. The van der Waals surface area contributed by atoms with Crippen molar-refractivity contribution in [2.45, 2.75) is 44.2 Å². The summed E-state index contributed by atoms with van der Waals surface area (Å²) in [5, 5.41) is 45.2. The van der Waals surface area contributed by atoms with Gasteiger partial charge in [-0.1, -0.05) is 0 Å². The molecular formula is C27H33N3O8. The Morgan fingerprint density at radius 2 is 1.76 bits per heavy atom. The third kappa shape index (κ3) is 3.80. The highest BCUT2D eigenvalue weighted by Crippen LogP contribution is 2.54. The van der Waals surface area contributed by atoms with Gasteiger partial charge in [0.1, 0.15) is 28.6 Å². The van der Waals surface area contributed by atoms with Gasteiger partial charge in [0.15, 0.2) is 11.4 Å². The van der Waals surface area contributed by atoms with E-state index < -0.39 is 58.0 Å². The summed E-state index contributed by atoms with van der Waals surface area (Å²) >= 11 is 0. The second-order valence-electron chi connectivity index (χ2n) is 10.8. The third-order valence-electron chi connectivity index (χ3n) is 8.00. The molecule has 0 spiro atoms. The quantitative estimate of drug-likeness (QED) is 0.328. The summed E-state index contributed by atoms with van der Waals surface area (Å²) in [5.74, 6) is -6.95. The number of aliphatic hydroxyl groups is 3. The van der Waals surface area contributed by atoms with Gasteiger partial charge in [-0.3, -0.25) is 19.3 Å². The lowest BCUT2D eigenvalue weighted by atomic mass is 9.57. The Kier molecular flexibility index (Phi) is 6.65. The molecule has 11 nitrogen and oxygen atoms in total. The number of Topliss-reactive ketones (excluding diaryl/α,β-unsaturated/α-hetero) is 3. The molecule has 1 unspecified atom stereocenters. The van der Waals surface area contributed by atoms with E-state index in [0.29, 0.717) is 16.8 Å². The Hall–Kier alpha value is -3.70. The molecule has 0 radical (unpaired) electrons. The van der Waals surface area contributed by atoms with E-state index in [2.05, 4.69) is 0 Å². The van der Waals surface area contributed by atoms with Gasteiger partial charge in [0, 0.05) is 37.7 Å². The smallest absolute Gasteiger partial charge is 0.255 e. The summed E-state index contributed by atoms with van der Waals surface area (Å²) in [6.07, 6.45) is 0.585. The average molecular weight is 528 g/mol. The summed E-state index contributed by atoms with van der Waals surface area (Å²) < 4.78 is 0. The molecule has 0 saturated heterocycles. The molecule has 1 aromatic carbocycles. The third-order valence-corrected chi connectivity index (χ3v) is 8.00. The largest absolute Gasteiger partial charge is 0.508 e. The van der Waals surface area contributed by atoms with E-state index in [-0.39, 0.29) is 48.4 Å². The van der Waals surface area contributed by atoms with Crippen LogP contribution in [-0.2, 0) is 32.0 Å². The highest BCUT2D eigenvalue weighted by molar-refractivity contribution is 6.24. The van der Waals surface area contributed by atoms with Gasteiger partial charge in [0.25, 0.3) is 5.91 Å². The molecule has 3 aliphatic carbocycles. The first kappa shape index (κ1) is 27.3. The van der Waals surface area contributed by atoms with Crippen LogP contribution >= 0.6 is 0 Å². The minimum Gasteiger partial charge on any atom is -0.508 e. The summed E-state index contributed by atoms with van der Waals surface area (Å²) in [6.45, 7) is 1.43. The number of primary amides is 1. The number of aromatic hydroxyl groups is 1. The van der Waals surface area contributed by atoms with Crippen molar-refractivity contribution < 1.29 is 39.6 Å². The second-order valence-corrected chi connectivity index (χ2v) is 10.8. The van der Waals surface area contributed by atoms with E-state index in [0.717, 1.165) is 0 Å². The van der Waals surface area contributed by atoms with Crippen LogP contribution in [0.1, 0.15) is 36.5 Å². The zero-order valence-corrected chi connectivity index (χ0v) is 22.0. The molecule has 0 heterocycles. The fourth-order valence-corrected chi connectivity index (χ4v) is 6.25. The fraction of sp³-hybridized carbons (Fsp3) is 0.481. The minimum atomic E-state index is -2.68. The van der Waals surface area contributed by atoms with Crippen LogP contribution in [0.2, 0.25) is 0 Å². The van der Waals surface area contributed by atoms with Crippen molar-refractivity contribution in [3.63, 3.8) is 0 Å². The minimum absolute atomic E-state index is 0.0193. The van der Waals surface area contributed by atoms with E-state index in [9.17, 15) is 39.6 Å². The van der Waals surface area contributed by atoms with E-state index in [1.54, 1.807) is 39.2 Å². The summed E-state index contributed by atoms with van der Waals surface area (Å²) in [5.41, 5.74) is 3.28. The Labute approximate surface area is 219 Å². The number of carbonyl (C=O) groups is 4. The predicted molar refractivity (Wildman–Crippen MR) is 138 cm³/mol. The number of aliphatic hydroxyl groups excluding tert-OH is 2. The van der Waals surface area contributed by atoms with Gasteiger partial charge in [-0.25, -0.2) is 0 Å².